The lowest BCUT2D eigenvalue weighted by molar-refractivity contribution is -0.0278. The number of likely N-dealkylation sites (tertiary alicyclic amines) is 1. The predicted octanol–water partition coefficient (Wildman–Crippen LogP) is 1.24. The molecule has 0 aromatic carbocycles. The van der Waals surface area contributed by atoms with Crippen LogP contribution in [0.5, 0.6) is 0 Å². The minimum absolute atomic E-state index is 0.161. The molecule has 2 nitrogen and oxygen atoms in total. The third kappa shape index (κ3) is 0.839. The summed E-state index contributed by atoms with van der Waals surface area (Å²) in [7, 11) is 1.68. The van der Waals surface area contributed by atoms with Crippen LogP contribution in [0.4, 0.5) is 17.6 Å². The number of alkyl halides is 4. The number of rotatable bonds is 1. The van der Waals surface area contributed by atoms with Gasteiger partial charge in [0.15, 0.2) is 5.54 Å². The molecule has 1 saturated carbocycles. The average Bonchev–Trinajstić information content (AvgIpc) is 2.43. The van der Waals surface area contributed by atoms with Crippen molar-refractivity contribution in [1.29, 1.82) is 0 Å². The number of nitrogens with one attached hydrogen (secondary N) is 1. The smallest absolute Gasteiger partial charge is 0.306 e. The Balaban J connectivity index is 2.20. The maximum atomic E-state index is 12.8. The number of hydrogen-bond acceptors (Lipinski definition) is 1. The Hall–Kier alpha value is -0.360. The molecular formula is C8H11F4N2. The van der Waals surface area contributed by atoms with Crippen molar-refractivity contribution in [2.45, 2.75) is 23.8 Å². The Morgan fingerprint density at radius 2 is 1.71 bits per heavy atom. The summed E-state index contributed by atoms with van der Waals surface area (Å²) < 4.78 is 51.1. The monoisotopic (exact) mass is 211 g/mol. The average molecular weight is 211 g/mol. The first kappa shape index (κ1) is 10.2. The van der Waals surface area contributed by atoms with Gasteiger partial charge >= 0.3 is 11.8 Å². The fourth-order valence-electron chi connectivity index (χ4n) is 2.24. The van der Waals surface area contributed by atoms with Gasteiger partial charge in [0.2, 0.25) is 0 Å². The number of halogens is 4. The fraction of sp³-hybridized carbons (Fsp3) is 1.00. The standard InChI is InChI=1S/C8H11F4N2/c1-14-3-2-5(4-14)6(13)7(9,10)8(6,11)12/h5,13H,2-4H2,1H3. The molecule has 6 heteroatoms. The van der Waals surface area contributed by atoms with Crippen LogP contribution in [0.25, 0.3) is 0 Å². The summed E-state index contributed by atoms with van der Waals surface area (Å²) >= 11 is 0. The van der Waals surface area contributed by atoms with Gasteiger partial charge in [-0.15, -0.1) is 0 Å². The molecule has 0 aromatic rings. The molecule has 1 atom stereocenters. The molecule has 2 aliphatic rings. The van der Waals surface area contributed by atoms with Gasteiger partial charge in [0.25, 0.3) is 0 Å². The highest BCUT2D eigenvalue weighted by Crippen LogP contribution is 2.69. The lowest BCUT2D eigenvalue weighted by Gasteiger charge is -2.16. The van der Waals surface area contributed by atoms with Gasteiger partial charge in [0, 0.05) is 12.5 Å². The number of nitrogens with zero attached hydrogens (tertiary/aromatic N) is 1. The highest BCUT2D eigenvalue weighted by molar-refractivity contribution is 5.33. The van der Waals surface area contributed by atoms with E-state index in [1.807, 2.05) is 0 Å². The molecule has 1 N–H and O–H groups in total. The topological polar surface area (TPSA) is 27.0 Å². The van der Waals surface area contributed by atoms with Crippen molar-refractivity contribution in [3.63, 3.8) is 0 Å². The molecule has 1 aliphatic heterocycles. The normalized spacial score (nSPS) is 38.6. The van der Waals surface area contributed by atoms with E-state index in [1.165, 1.54) is 0 Å². The molecule has 0 aromatic heterocycles. The van der Waals surface area contributed by atoms with E-state index in [0.29, 0.717) is 6.54 Å². The SMILES string of the molecule is CN1CCC(C2([NH])C(F)(F)C2(F)F)C1. The van der Waals surface area contributed by atoms with Crippen LogP contribution in [0.15, 0.2) is 0 Å². The van der Waals surface area contributed by atoms with Crippen molar-refractivity contribution in [3.8, 4) is 0 Å². The van der Waals surface area contributed by atoms with Gasteiger partial charge in [-0.2, -0.15) is 17.6 Å². The van der Waals surface area contributed by atoms with Crippen LogP contribution in [0, 0.1) is 5.92 Å². The van der Waals surface area contributed by atoms with Crippen molar-refractivity contribution in [1.82, 2.24) is 10.6 Å². The molecule has 0 bridgehead atoms. The molecule has 2 fully saturated rings. The highest BCUT2D eigenvalue weighted by Gasteiger charge is 2.97. The Bertz CT molecular complexity index is 252. The van der Waals surface area contributed by atoms with Crippen LogP contribution in [0.3, 0.4) is 0 Å². The highest BCUT2D eigenvalue weighted by atomic mass is 19.3. The molecule has 81 valence electrons. The van der Waals surface area contributed by atoms with Crippen LogP contribution < -0.4 is 5.73 Å². The zero-order chi connectivity index (χ0) is 10.8. The molecule has 1 heterocycles. The molecule has 14 heavy (non-hydrogen) atoms. The second-order valence-electron chi connectivity index (χ2n) is 4.20. The van der Waals surface area contributed by atoms with Gasteiger partial charge in [-0.05, 0) is 20.0 Å². The largest absolute Gasteiger partial charge is 0.337 e. The summed E-state index contributed by atoms with van der Waals surface area (Å²) in [5.41, 5.74) is 4.35. The summed E-state index contributed by atoms with van der Waals surface area (Å²) in [5, 5.41) is 0. The van der Waals surface area contributed by atoms with Crippen LogP contribution in [0.2, 0.25) is 0 Å². The first-order valence-electron chi connectivity index (χ1n) is 4.44. The predicted molar refractivity (Wildman–Crippen MR) is 41.3 cm³/mol. The van der Waals surface area contributed by atoms with Gasteiger partial charge in [-0.25, -0.2) is 5.73 Å². The molecule has 1 aliphatic carbocycles. The van der Waals surface area contributed by atoms with Gasteiger partial charge in [0.05, 0.1) is 0 Å². The van der Waals surface area contributed by atoms with Crippen LogP contribution in [-0.4, -0.2) is 42.4 Å². The maximum absolute atomic E-state index is 12.8. The van der Waals surface area contributed by atoms with E-state index >= 15 is 0 Å². The van der Waals surface area contributed by atoms with Crippen molar-refractivity contribution in [2.75, 3.05) is 20.1 Å². The van der Waals surface area contributed by atoms with Crippen LogP contribution in [-0.2, 0) is 0 Å². The third-order valence-corrected chi connectivity index (χ3v) is 3.33. The van der Waals surface area contributed by atoms with Crippen molar-refractivity contribution in [3.05, 3.63) is 0 Å². The summed E-state index contributed by atoms with van der Waals surface area (Å²) in [4.78, 5) is 1.70. The van der Waals surface area contributed by atoms with Crippen molar-refractivity contribution >= 4 is 0 Å². The minimum Gasteiger partial charge on any atom is -0.306 e. The summed E-state index contributed by atoms with van der Waals surface area (Å²) in [6.07, 6.45) is 0.255. The fourth-order valence-corrected chi connectivity index (χ4v) is 2.24. The Labute approximate surface area is 79.0 Å². The van der Waals surface area contributed by atoms with Gasteiger partial charge in [0.1, 0.15) is 0 Å². The summed E-state index contributed by atoms with van der Waals surface area (Å²) in [6.45, 7) is 0.673. The van der Waals surface area contributed by atoms with E-state index in [9.17, 15) is 17.6 Å². The van der Waals surface area contributed by atoms with E-state index in [2.05, 4.69) is 0 Å². The lowest BCUT2D eigenvalue weighted by atomic mass is 9.96. The van der Waals surface area contributed by atoms with Gasteiger partial charge in [-0.3, -0.25) is 0 Å². The van der Waals surface area contributed by atoms with E-state index in [1.54, 1.807) is 11.9 Å². The zero-order valence-electron chi connectivity index (χ0n) is 7.66. The van der Waals surface area contributed by atoms with E-state index in [4.69, 9.17) is 5.73 Å². The summed E-state index contributed by atoms with van der Waals surface area (Å²) in [5.74, 6) is -9.20. The van der Waals surface area contributed by atoms with Crippen molar-refractivity contribution in [2.24, 2.45) is 5.92 Å². The van der Waals surface area contributed by atoms with Gasteiger partial charge in [-0.1, -0.05) is 0 Å². The zero-order valence-corrected chi connectivity index (χ0v) is 7.66. The first-order valence-corrected chi connectivity index (χ1v) is 4.44. The molecule has 0 amide bonds. The minimum atomic E-state index is -4.14. The third-order valence-electron chi connectivity index (χ3n) is 3.33. The Kier molecular flexibility index (Phi) is 1.75. The molecule has 2 rings (SSSR count). The quantitative estimate of drug-likeness (QED) is 0.599. The molecule has 1 radical (unpaired) electrons. The lowest BCUT2D eigenvalue weighted by Crippen LogP contribution is -2.35. The van der Waals surface area contributed by atoms with Crippen molar-refractivity contribution < 1.29 is 17.6 Å². The number of hydrogen-bond donors (Lipinski definition) is 0. The second kappa shape index (κ2) is 2.41. The Morgan fingerprint density at radius 1 is 1.21 bits per heavy atom. The maximum Gasteiger partial charge on any atom is 0.337 e. The molecule has 1 unspecified atom stereocenters. The van der Waals surface area contributed by atoms with Crippen LogP contribution in [0.1, 0.15) is 6.42 Å². The molecule has 0 spiro atoms. The van der Waals surface area contributed by atoms with E-state index in [0.717, 1.165) is 0 Å². The van der Waals surface area contributed by atoms with Gasteiger partial charge < -0.3 is 4.90 Å². The molecule has 1 saturated heterocycles. The van der Waals surface area contributed by atoms with E-state index in [-0.39, 0.29) is 13.0 Å². The van der Waals surface area contributed by atoms with Crippen LogP contribution >= 0.6 is 0 Å². The second-order valence-corrected chi connectivity index (χ2v) is 4.20. The first-order chi connectivity index (χ1) is 6.25. The summed E-state index contributed by atoms with van der Waals surface area (Å²) in [6, 6.07) is 0. The van der Waals surface area contributed by atoms with E-state index < -0.39 is 23.3 Å². The molecular weight excluding hydrogens is 200 g/mol. The Morgan fingerprint density at radius 3 is 2.00 bits per heavy atom.